The van der Waals surface area contributed by atoms with Gasteiger partial charge in [-0.25, -0.2) is 4.98 Å². The lowest BCUT2D eigenvalue weighted by atomic mass is 10.3. The van der Waals surface area contributed by atoms with Gasteiger partial charge < -0.3 is 15.2 Å². The lowest BCUT2D eigenvalue weighted by molar-refractivity contribution is 0.0449. The summed E-state index contributed by atoms with van der Waals surface area (Å²) in [5.74, 6) is 0.756. The molecule has 0 saturated carbocycles. The molecule has 0 bridgehead atoms. The van der Waals surface area contributed by atoms with Crippen LogP contribution in [0.4, 0.5) is 5.82 Å². The van der Waals surface area contributed by atoms with E-state index in [1.807, 2.05) is 31.7 Å². The Labute approximate surface area is 122 Å². The van der Waals surface area contributed by atoms with E-state index in [0.29, 0.717) is 19.8 Å². The third kappa shape index (κ3) is 4.59. The van der Waals surface area contributed by atoms with Crippen LogP contribution in [-0.4, -0.2) is 45.7 Å². The zero-order valence-corrected chi connectivity index (χ0v) is 12.6. The molecule has 0 aliphatic rings. The molecule has 0 amide bonds. The van der Waals surface area contributed by atoms with Gasteiger partial charge in [-0.1, -0.05) is 0 Å². The van der Waals surface area contributed by atoms with Crippen LogP contribution in [-0.2, 0) is 18.2 Å². The Morgan fingerprint density at radius 2 is 2.40 bits per heavy atom. The van der Waals surface area contributed by atoms with Gasteiger partial charge >= 0.3 is 0 Å². The molecule has 2 N–H and O–H groups in total. The maximum absolute atomic E-state index is 9.80. The number of hydrogen-bond donors (Lipinski definition) is 2. The highest BCUT2D eigenvalue weighted by atomic mass is 32.1. The molecule has 1 unspecified atom stereocenters. The van der Waals surface area contributed by atoms with Gasteiger partial charge in [0.2, 0.25) is 0 Å². The van der Waals surface area contributed by atoms with Crippen molar-refractivity contribution >= 4 is 17.2 Å². The van der Waals surface area contributed by atoms with E-state index in [9.17, 15) is 5.11 Å². The minimum absolute atomic E-state index is 0.317. The van der Waals surface area contributed by atoms with Crippen molar-refractivity contribution in [2.45, 2.75) is 19.4 Å². The molecule has 0 aliphatic carbocycles. The summed E-state index contributed by atoms with van der Waals surface area (Å²) >= 11 is 1.64. The third-order valence-electron chi connectivity index (χ3n) is 2.86. The van der Waals surface area contributed by atoms with Crippen molar-refractivity contribution in [1.29, 1.82) is 0 Å². The van der Waals surface area contributed by atoms with Crippen LogP contribution in [0.2, 0.25) is 0 Å². The number of anilines is 1. The average molecular weight is 296 g/mol. The molecule has 2 heterocycles. The second-order valence-electron chi connectivity index (χ2n) is 4.60. The van der Waals surface area contributed by atoms with E-state index in [1.54, 1.807) is 16.0 Å². The summed E-state index contributed by atoms with van der Waals surface area (Å²) in [6.07, 6.45) is 2.15. The van der Waals surface area contributed by atoms with Gasteiger partial charge in [-0.05, 0) is 6.92 Å². The predicted octanol–water partition coefficient (Wildman–Crippen LogP) is 1.22. The van der Waals surface area contributed by atoms with E-state index < -0.39 is 6.10 Å². The summed E-state index contributed by atoms with van der Waals surface area (Å²) < 4.78 is 7.19. The molecule has 2 aromatic rings. The largest absolute Gasteiger partial charge is 0.389 e. The summed E-state index contributed by atoms with van der Waals surface area (Å²) in [7, 11) is 1.85. The number of hydrogen-bond acceptors (Lipinski definition) is 6. The minimum atomic E-state index is -0.542. The quantitative estimate of drug-likeness (QED) is 0.717. The molecular formula is C13H20N4O2S. The van der Waals surface area contributed by atoms with Crippen molar-refractivity contribution in [3.63, 3.8) is 0 Å². The monoisotopic (exact) mass is 296 g/mol. The van der Waals surface area contributed by atoms with E-state index in [4.69, 9.17) is 4.74 Å². The number of aromatic nitrogens is 3. The first-order chi connectivity index (χ1) is 9.65. The maximum atomic E-state index is 9.80. The van der Waals surface area contributed by atoms with Gasteiger partial charge in [0, 0.05) is 37.2 Å². The summed E-state index contributed by atoms with van der Waals surface area (Å²) in [5, 5.41) is 17.0. The van der Waals surface area contributed by atoms with Gasteiger partial charge in [-0.2, -0.15) is 5.10 Å². The van der Waals surface area contributed by atoms with Gasteiger partial charge in [0.05, 0.1) is 30.5 Å². The Bertz CT molecular complexity index is 526. The Balaban J connectivity index is 1.58. The smallest absolute Gasteiger partial charge is 0.148 e. The maximum Gasteiger partial charge on any atom is 0.148 e. The number of nitrogens with zero attached hydrogens (tertiary/aromatic N) is 3. The van der Waals surface area contributed by atoms with E-state index >= 15 is 0 Å². The lowest BCUT2D eigenvalue weighted by Gasteiger charge is -2.11. The summed E-state index contributed by atoms with van der Waals surface area (Å²) in [6.45, 7) is 3.34. The standard InChI is InChI=1S/C13H20N4O2S/c1-10-12(20-9-15-10)4-6-19-8-11(18)7-14-13-3-5-17(2)16-13/h3,5,9,11,18H,4,6-8H2,1-2H3,(H,14,16). The van der Waals surface area contributed by atoms with Crippen molar-refractivity contribution in [1.82, 2.24) is 14.8 Å². The van der Waals surface area contributed by atoms with Crippen molar-refractivity contribution in [2.75, 3.05) is 25.1 Å². The molecule has 110 valence electrons. The van der Waals surface area contributed by atoms with Crippen LogP contribution >= 0.6 is 11.3 Å². The van der Waals surface area contributed by atoms with E-state index in [0.717, 1.165) is 17.9 Å². The van der Waals surface area contributed by atoms with Crippen molar-refractivity contribution < 1.29 is 9.84 Å². The highest BCUT2D eigenvalue weighted by Crippen LogP contribution is 2.12. The van der Waals surface area contributed by atoms with Gasteiger partial charge in [0.25, 0.3) is 0 Å². The molecule has 2 aromatic heterocycles. The average Bonchev–Trinajstić information content (AvgIpc) is 3.01. The predicted molar refractivity (Wildman–Crippen MR) is 79.1 cm³/mol. The molecule has 0 saturated heterocycles. The van der Waals surface area contributed by atoms with Gasteiger partial charge in [0.15, 0.2) is 0 Å². The number of ether oxygens (including phenoxy) is 1. The first-order valence-electron chi connectivity index (χ1n) is 6.53. The first kappa shape index (κ1) is 15.0. The molecule has 1 atom stereocenters. The number of thiazole rings is 1. The lowest BCUT2D eigenvalue weighted by Crippen LogP contribution is -2.25. The number of aliphatic hydroxyl groups is 1. The van der Waals surface area contributed by atoms with Crippen LogP contribution in [0.1, 0.15) is 10.6 Å². The van der Waals surface area contributed by atoms with Crippen LogP contribution in [0, 0.1) is 6.92 Å². The normalized spacial score (nSPS) is 12.6. The molecule has 0 radical (unpaired) electrons. The Kier molecular flexibility index (Phi) is 5.51. The Morgan fingerprint density at radius 1 is 1.55 bits per heavy atom. The Hall–Kier alpha value is -1.44. The highest BCUT2D eigenvalue weighted by molar-refractivity contribution is 7.09. The molecule has 6 nitrogen and oxygen atoms in total. The molecule has 7 heteroatoms. The fourth-order valence-corrected chi connectivity index (χ4v) is 2.50. The van der Waals surface area contributed by atoms with Crippen molar-refractivity contribution in [2.24, 2.45) is 7.05 Å². The first-order valence-corrected chi connectivity index (χ1v) is 7.41. The van der Waals surface area contributed by atoms with Crippen LogP contribution in [0.15, 0.2) is 17.8 Å². The Morgan fingerprint density at radius 3 is 3.05 bits per heavy atom. The fraction of sp³-hybridized carbons (Fsp3) is 0.538. The SMILES string of the molecule is Cc1ncsc1CCOCC(O)CNc1ccn(C)n1. The van der Waals surface area contributed by atoms with E-state index in [2.05, 4.69) is 15.4 Å². The van der Waals surface area contributed by atoms with Gasteiger partial charge in [-0.15, -0.1) is 11.3 Å². The van der Waals surface area contributed by atoms with Gasteiger partial charge in [0.1, 0.15) is 5.82 Å². The van der Waals surface area contributed by atoms with Gasteiger partial charge in [-0.3, -0.25) is 4.68 Å². The molecule has 20 heavy (non-hydrogen) atoms. The second-order valence-corrected chi connectivity index (χ2v) is 5.53. The van der Waals surface area contributed by atoms with E-state index in [1.165, 1.54) is 4.88 Å². The zero-order valence-electron chi connectivity index (χ0n) is 11.7. The van der Waals surface area contributed by atoms with Crippen molar-refractivity contribution in [3.05, 3.63) is 28.3 Å². The molecule has 2 rings (SSSR count). The number of aryl methyl sites for hydroxylation is 2. The number of nitrogens with one attached hydrogen (secondary N) is 1. The molecule has 0 aromatic carbocycles. The second kappa shape index (κ2) is 7.37. The van der Waals surface area contributed by atoms with Crippen LogP contribution in [0.25, 0.3) is 0 Å². The topological polar surface area (TPSA) is 72.2 Å². The minimum Gasteiger partial charge on any atom is -0.389 e. The van der Waals surface area contributed by atoms with Crippen LogP contribution in [0.5, 0.6) is 0 Å². The van der Waals surface area contributed by atoms with Crippen LogP contribution in [0.3, 0.4) is 0 Å². The third-order valence-corrected chi connectivity index (χ3v) is 3.86. The summed E-state index contributed by atoms with van der Waals surface area (Å²) in [5.41, 5.74) is 2.91. The van der Waals surface area contributed by atoms with E-state index in [-0.39, 0.29) is 0 Å². The fourth-order valence-electron chi connectivity index (χ4n) is 1.74. The number of rotatable bonds is 8. The van der Waals surface area contributed by atoms with Crippen LogP contribution < -0.4 is 5.32 Å². The molecule has 0 spiro atoms. The highest BCUT2D eigenvalue weighted by Gasteiger charge is 2.06. The summed E-state index contributed by atoms with van der Waals surface area (Å²) in [6, 6.07) is 1.86. The van der Waals surface area contributed by atoms with Crippen molar-refractivity contribution in [3.8, 4) is 0 Å². The molecule has 0 aliphatic heterocycles. The number of aliphatic hydroxyl groups excluding tert-OH is 1. The molecular weight excluding hydrogens is 276 g/mol. The zero-order chi connectivity index (χ0) is 14.4. The summed E-state index contributed by atoms with van der Waals surface area (Å²) in [4.78, 5) is 5.43. The molecule has 0 fully saturated rings.